The van der Waals surface area contributed by atoms with Crippen molar-refractivity contribution in [1.29, 1.82) is 0 Å². The van der Waals surface area contributed by atoms with Gasteiger partial charge in [-0.2, -0.15) is 0 Å². The summed E-state index contributed by atoms with van der Waals surface area (Å²) in [6, 6.07) is 5.39. The number of nitrogens with one attached hydrogen (secondary N) is 2. The highest BCUT2D eigenvalue weighted by Crippen LogP contribution is 2.26. The lowest BCUT2D eigenvalue weighted by Crippen LogP contribution is -2.17. The van der Waals surface area contributed by atoms with Gasteiger partial charge in [0.15, 0.2) is 11.4 Å². The van der Waals surface area contributed by atoms with Gasteiger partial charge in [-0.3, -0.25) is 4.79 Å². The van der Waals surface area contributed by atoms with E-state index in [4.69, 9.17) is 5.11 Å². The highest BCUT2D eigenvalue weighted by atomic mass is 79.9. The summed E-state index contributed by atoms with van der Waals surface area (Å²) in [4.78, 5) is 29.0. The Hall–Kier alpha value is -2.15. The van der Waals surface area contributed by atoms with E-state index in [-0.39, 0.29) is 11.4 Å². The lowest BCUT2D eigenvalue weighted by Gasteiger charge is -2.08. The van der Waals surface area contributed by atoms with Crippen molar-refractivity contribution < 1.29 is 14.7 Å². The van der Waals surface area contributed by atoms with Gasteiger partial charge in [-0.25, -0.2) is 9.78 Å². The van der Waals surface area contributed by atoms with E-state index in [1.54, 1.807) is 12.1 Å². The summed E-state index contributed by atoms with van der Waals surface area (Å²) in [7, 11) is 0. The SMILES string of the molecule is Cc1cccc(NC(=O)c2nc[nH]c2C(=O)O)c1Br. The van der Waals surface area contributed by atoms with Crippen LogP contribution < -0.4 is 5.32 Å². The van der Waals surface area contributed by atoms with Crippen molar-refractivity contribution in [3.63, 3.8) is 0 Å². The average molecular weight is 324 g/mol. The fourth-order valence-corrected chi connectivity index (χ4v) is 1.92. The van der Waals surface area contributed by atoms with Gasteiger partial charge in [0.25, 0.3) is 5.91 Å². The molecule has 0 aliphatic rings. The van der Waals surface area contributed by atoms with Crippen molar-refractivity contribution in [3.05, 3.63) is 46.0 Å². The molecule has 0 bridgehead atoms. The van der Waals surface area contributed by atoms with Gasteiger partial charge in [-0.1, -0.05) is 12.1 Å². The summed E-state index contributed by atoms with van der Waals surface area (Å²) < 4.78 is 0.746. The van der Waals surface area contributed by atoms with Gasteiger partial charge in [0.05, 0.1) is 12.0 Å². The maximum absolute atomic E-state index is 12.0. The van der Waals surface area contributed by atoms with Crippen LogP contribution in [-0.4, -0.2) is 27.0 Å². The number of amides is 1. The second-order valence-electron chi connectivity index (χ2n) is 3.82. The third kappa shape index (κ3) is 2.65. The monoisotopic (exact) mass is 323 g/mol. The molecule has 0 spiro atoms. The van der Waals surface area contributed by atoms with Crippen LogP contribution >= 0.6 is 15.9 Å². The number of aryl methyl sites for hydroxylation is 1. The van der Waals surface area contributed by atoms with Crippen molar-refractivity contribution in [2.45, 2.75) is 6.92 Å². The number of carboxylic acids is 1. The molecule has 3 N–H and O–H groups in total. The molecular formula is C12H10BrN3O3. The van der Waals surface area contributed by atoms with Gasteiger partial charge in [-0.15, -0.1) is 0 Å². The molecule has 19 heavy (non-hydrogen) atoms. The molecule has 2 aromatic rings. The second kappa shape index (κ2) is 5.23. The Bertz CT molecular complexity index is 651. The molecule has 1 aromatic carbocycles. The summed E-state index contributed by atoms with van der Waals surface area (Å²) in [6.07, 6.45) is 1.17. The first kappa shape index (κ1) is 13.3. The minimum atomic E-state index is -1.23. The van der Waals surface area contributed by atoms with Crippen molar-refractivity contribution >= 4 is 33.5 Å². The molecule has 1 amide bonds. The molecule has 0 saturated carbocycles. The zero-order valence-corrected chi connectivity index (χ0v) is 11.5. The van der Waals surface area contributed by atoms with Crippen LogP contribution in [0.15, 0.2) is 29.0 Å². The van der Waals surface area contributed by atoms with E-state index in [1.165, 1.54) is 6.33 Å². The number of H-pyrrole nitrogens is 1. The number of imidazole rings is 1. The number of rotatable bonds is 3. The highest BCUT2D eigenvalue weighted by Gasteiger charge is 2.20. The van der Waals surface area contributed by atoms with Crippen LogP contribution in [-0.2, 0) is 0 Å². The van der Waals surface area contributed by atoms with Crippen molar-refractivity contribution in [1.82, 2.24) is 9.97 Å². The number of hydrogen-bond donors (Lipinski definition) is 3. The molecule has 0 saturated heterocycles. The number of anilines is 1. The van der Waals surface area contributed by atoms with Crippen LogP contribution in [0.3, 0.4) is 0 Å². The predicted molar refractivity (Wildman–Crippen MR) is 72.4 cm³/mol. The maximum atomic E-state index is 12.0. The van der Waals surface area contributed by atoms with Crippen LogP contribution in [0.5, 0.6) is 0 Å². The fraction of sp³-hybridized carbons (Fsp3) is 0.0833. The molecule has 2 rings (SSSR count). The van der Waals surface area contributed by atoms with Gasteiger partial charge < -0.3 is 15.4 Å². The zero-order chi connectivity index (χ0) is 14.0. The minimum absolute atomic E-state index is 0.152. The largest absolute Gasteiger partial charge is 0.477 e. The number of aromatic nitrogens is 2. The second-order valence-corrected chi connectivity index (χ2v) is 4.61. The smallest absolute Gasteiger partial charge is 0.354 e. The summed E-state index contributed by atoms with van der Waals surface area (Å²) >= 11 is 3.36. The first-order chi connectivity index (χ1) is 9.00. The third-order valence-corrected chi connectivity index (χ3v) is 3.56. The Morgan fingerprint density at radius 1 is 1.42 bits per heavy atom. The number of carbonyl (C=O) groups excluding carboxylic acids is 1. The Labute approximate surface area is 117 Å². The lowest BCUT2D eigenvalue weighted by molar-refractivity contribution is 0.0686. The van der Waals surface area contributed by atoms with Crippen LogP contribution in [0.25, 0.3) is 0 Å². The quantitative estimate of drug-likeness (QED) is 0.808. The number of carboxylic acid groups (broad SMARTS) is 1. The molecular weight excluding hydrogens is 314 g/mol. The molecule has 0 unspecified atom stereocenters. The molecule has 0 aliphatic heterocycles. The van der Waals surface area contributed by atoms with Crippen molar-refractivity contribution in [2.24, 2.45) is 0 Å². The molecule has 98 valence electrons. The van der Waals surface area contributed by atoms with Gasteiger partial charge in [0.1, 0.15) is 0 Å². The summed E-state index contributed by atoms with van der Waals surface area (Å²) in [6.45, 7) is 1.89. The Kier molecular flexibility index (Phi) is 3.66. The van der Waals surface area contributed by atoms with Gasteiger partial charge in [0.2, 0.25) is 0 Å². The Morgan fingerprint density at radius 2 is 2.16 bits per heavy atom. The zero-order valence-electron chi connectivity index (χ0n) is 9.90. The number of aromatic amines is 1. The van der Waals surface area contributed by atoms with Gasteiger partial charge >= 0.3 is 5.97 Å². The third-order valence-electron chi connectivity index (χ3n) is 2.51. The highest BCUT2D eigenvalue weighted by molar-refractivity contribution is 9.10. The summed E-state index contributed by atoms with van der Waals surface area (Å²) in [5.74, 6) is -1.81. The number of carbonyl (C=O) groups is 2. The van der Waals surface area contributed by atoms with E-state index in [0.717, 1.165) is 10.0 Å². The molecule has 7 heteroatoms. The van der Waals surface area contributed by atoms with Crippen LogP contribution in [0, 0.1) is 6.92 Å². The maximum Gasteiger partial charge on any atom is 0.354 e. The normalized spacial score (nSPS) is 10.2. The number of benzene rings is 1. The van der Waals surface area contributed by atoms with Crippen molar-refractivity contribution in [2.75, 3.05) is 5.32 Å². The summed E-state index contributed by atoms with van der Waals surface area (Å²) in [5, 5.41) is 11.5. The van der Waals surface area contributed by atoms with E-state index in [9.17, 15) is 9.59 Å². The first-order valence-electron chi connectivity index (χ1n) is 5.34. The summed E-state index contributed by atoms with van der Waals surface area (Å²) in [5.41, 5.74) is 1.13. The van der Waals surface area contributed by atoms with Gasteiger partial charge in [0, 0.05) is 4.47 Å². The fourth-order valence-electron chi connectivity index (χ4n) is 1.55. The van der Waals surface area contributed by atoms with E-state index in [2.05, 4.69) is 31.2 Å². The van der Waals surface area contributed by atoms with Crippen LogP contribution in [0.1, 0.15) is 26.5 Å². The molecule has 6 nitrogen and oxygen atoms in total. The van der Waals surface area contributed by atoms with Crippen molar-refractivity contribution in [3.8, 4) is 0 Å². The predicted octanol–water partition coefficient (Wildman–Crippen LogP) is 2.43. The van der Waals surface area contributed by atoms with E-state index < -0.39 is 11.9 Å². The Balaban J connectivity index is 2.29. The topological polar surface area (TPSA) is 95.1 Å². The molecule has 1 aromatic heterocycles. The molecule has 0 radical (unpaired) electrons. The van der Waals surface area contributed by atoms with Crippen LogP contribution in [0.2, 0.25) is 0 Å². The number of aromatic carboxylic acids is 1. The minimum Gasteiger partial charge on any atom is -0.477 e. The van der Waals surface area contributed by atoms with Crippen LogP contribution in [0.4, 0.5) is 5.69 Å². The number of nitrogens with zero attached hydrogens (tertiary/aromatic N) is 1. The number of hydrogen-bond acceptors (Lipinski definition) is 3. The average Bonchev–Trinajstić information content (AvgIpc) is 2.84. The molecule has 0 atom stereocenters. The molecule has 1 heterocycles. The molecule has 0 aliphatic carbocycles. The lowest BCUT2D eigenvalue weighted by atomic mass is 10.2. The number of halogens is 1. The van der Waals surface area contributed by atoms with E-state index in [1.807, 2.05) is 13.0 Å². The van der Waals surface area contributed by atoms with Gasteiger partial charge in [-0.05, 0) is 34.5 Å². The molecule has 0 fully saturated rings. The first-order valence-corrected chi connectivity index (χ1v) is 6.13. The van der Waals surface area contributed by atoms with E-state index in [0.29, 0.717) is 5.69 Å². The standard InChI is InChI=1S/C12H10BrN3O3/c1-6-3-2-4-7(8(6)13)16-11(17)9-10(12(18)19)15-5-14-9/h2-5H,1H3,(H,14,15)(H,16,17)(H,18,19). The van der Waals surface area contributed by atoms with E-state index >= 15 is 0 Å². The Morgan fingerprint density at radius 3 is 2.84 bits per heavy atom.